The summed E-state index contributed by atoms with van der Waals surface area (Å²) in [6.45, 7) is 0.811. The van der Waals surface area contributed by atoms with E-state index in [0.29, 0.717) is 23.5 Å². The molecule has 21 heavy (non-hydrogen) atoms. The Kier molecular flexibility index (Phi) is 5.22. The lowest BCUT2D eigenvalue weighted by Crippen LogP contribution is -2.15. The van der Waals surface area contributed by atoms with Gasteiger partial charge in [0, 0.05) is 12.1 Å². The predicted molar refractivity (Wildman–Crippen MR) is 77.5 cm³/mol. The van der Waals surface area contributed by atoms with Crippen LogP contribution in [0.2, 0.25) is 0 Å². The molecule has 0 spiro atoms. The van der Waals surface area contributed by atoms with Gasteiger partial charge in [-0.15, -0.1) is 5.10 Å². The van der Waals surface area contributed by atoms with Gasteiger partial charge in [0.1, 0.15) is 17.8 Å². The first-order valence-corrected chi connectivity index (χ1v) is 6.60. The van der Waals surface area contributed by atoms with Gasteiger partial charge in [-0.3, -0.25) is 4.79 Å². The van der Waals surface area contributed by atoms with Crippen molar-refractivity contribution in [3.8, 4) is 11.4 Å². The first kappa shape index (κ1) is 14.9. The zero-order chi connectivity index (χ0) is 15.1. The molecule has 0 fully saturated rings. The van der Waals surface area contributed by atoms with E-state index in [1.54, 1.807) is 25.3 Å². The Morgan fingerprint density at radius 3 is 2.95 bits per heavy atom. The molecule has 0 saturated carbocycles. The summed E-state index contributed by atoms with van der Waals surface area (Å²) in [5.41, 5.74) is 1.34. The van der Waals surface area contributed by atoms with E-state index in [2.05, 4.69) is 26.2 Å². The molecule has 2 aromatic rings. The molecule has 0 radical (unpaired) electrons. The number of tetrazole rings is 1. The second-order valence-corrected chi connectivity index (χ2v) is 4.40. The molecule has 1 heterocycles. The molecule has 1 aromatic carbocycles. The smallest absolute Gasteiger partial charge is 0.224 e. The number of benzene rings is 1. The van der Waals surface area contributed by atoms with E-state index in [4.69, 9.17) is 4.74 Å². The van der Waals surface area contributed by atoms with Gasteiger partial charge in [-0.2, -0.15) is 4.68 Å². The summed E-state index contributed by atoms with van der Waals surface area (Å²) in [4.78, 5) is 11.8. The summed E-state index contributed by atoms with van der Waals surface area (Å²) in [7, 11) is 3.43. The van der Waals surface area contributed by atoms with Gasteiger partial charge < -0.3 is 15.4 Å². The van der Waals surface area contributed by atoms with Gasteiger partial charge in [-0.05, 0) is 48.6 Å². The molecule has 8 heteroatoms. The standard InChI is InChI=1S/C13H18N6O2/c1-14-7-3-4-13(20)16-10-5-6-12(21-2)11(8-10)19-9-15-17-18-19/h5-6,8-9,14H,3-4,7H2,1-2H3,(H,16,20). The minimum atomic E-state index is -0.0296. The van der Waals surface area contributed by atoms with E-state index in [9.17, 15) is 4.79 Å². The molecular formula is C13H18N6O2. The summed E-state index contributed by atoms with van der Waals surface area (Å²) in [5, 5.41) is 16.9. The monoisotopic (exact) mass is 290 g/mol. The van der Waals surface area contributed by atoms with Crippen LogP contribution in [0.15, 0.2) is 24.5 Å². The fourth-order valence-corrected chi connectivity index (χ4v) is 1.87. The van der Waals surface area contributed by atoms with Crippen LogP contribution in [0.1, 0.15) is 12.8 Å². The minimum absolute atomic E-state index is 0.0296. The average Bonchev–Trinajstić information content (AvgIpc) is 3.01. The Morgan fingerprint density at radius 2 is 2.29 bits per heavy atom. The lowest BCUT2D eigenvalue weighted by atomic mass is 10.2. The number of carbonyl (C=O) groups excluding carboxylic acids is 1. The highest BCUT2D eigenvalue weighted by Crippen LogP contribution is 2.25. The molecule has 0 saturated heterocycles. The molecule has 0 aliphatic heterocycles. The van der Waals surface area contributed by atoms with Gasteiger partial charge in [-0.25, -0.2) is 0 Å². The number of nitrogens with zero attached hydrogens (tertiary/aromatic N) is 4. The van der Waals surface area contributed by atoms with Crippen LogP contribution >= 0.6 is 0 Å². The average molecular weight is 290 g/mol. The summed E-state index contributed by atoms with van der Waals surface area (Å²) in [6.07, 6.45) is 2.72. The third kappa shape index (κ3) is 3.99. The first-order chi connectivity index (χ1) is 10.2. The summed E-state index contributed by atoms with van der Waals surface area (Å²) >= 11 is 0. The van der Waals surface area contributed by atoms with Crippen LogP contribution in [0.5, 0.6) is 5.75 Å². The SMILES string of the molecule is CNCCCC(=O)Nc1ccc(OC)c(-n2cnnn2)c1. The van der Waals surface area contributed by atoms with Crippen LogP contribution in [0.4, 0.5) is 5.69 Å². The highest BCUT2D eigenvalue weighted by molar-refractivity contribution is 5.91. The van der Waals surface area contributed by atoms with Gasteiger partial charge in [0.05, 0.1) is 7.11 Å². The molecule has 112 valence electrons. The number of carbonyl (C=O) groups is 1. The first-order valence-electron chi connectivity index (χ1n) is 6.60. The minimum Gasteiger partial charge on any atom is -0.494 e. The van der Waals surface area contributed by atoms with E-state index in [1.807, 2.05) is 7.05 Å². The van der Waals surface area contributed by atoms with E-state index >= 15 is 0 Å². The van der Waals surface area contributed by atoms with Crippen LogP contribution in [0.25, 0.3) is 5.69 Å². The van der Waals surface area contributed by atoms with Crippen molar-refractivity contribution in [1.82, 2.24) is 25.5 Å². The Labute approximate surface area is 122 Å². The molecule has 0 bridgehead atoms. The van der Waals surface area contributed by atoms with Gasteiger partial charge in [0.15, 0.2) is 0 Å². The quantitative estimate of drug-likeness (QED) is 0.726. The second kappa shape index (κ2) is 7.34. The summed E-state index contributed by atoms with van der Waals surface area (Å²) < 4.78 is 6.75. The zero-order valence-electron chi connectivity index (χ0n) is 12.0. The highest BCUT2D eigenvalue weighted by Gasteiger charge is 2.09. The summed E-state index contributed by atoms with van der Waals surface area (Å²) in [6, 6.07) is 5.31. The topological polar surface area (TPSA) is 94.0 Å². The van der Waals surface area contributed by atoms with Gasteiger partial charge in [-0.1, -0.05) is 0 Å². The zero-order valence-corrected chi connectivity index (χ0v) is 12.0. The van der Waals surface area contributed by atoms with E-state index in [-0.39, 0.29) is 5.91 Å². The van der Waals surface area contributed by atoms with Crippen LogP contribution in [0, 0.1) is 0 Å². The second-order valence-electron chi connectivity index (χ2n) is 4.40. The number of nitrogens with one attached hydrogen (secondary N) is 2. The van der Waals surface area contributed by atoms with Crippen LogP contribution in [0.3, 0.4) is 0 Å². The maximum Gasteiger partial charge on any atom is 0.224 e. The van der Waals surface area contributed by atoms with Crippen molar-refractivity contribution in [2.24, 2.45) is 0 Å². The molecule has 0 atom stereocenters. The molecule has 2 rings (SSSR count). The third-order valence-electron chi connectivity index (χ3n) is 2.89. The number of rotatable bonds is 7. The predicted octanol–water partition coefficient (Wildman–Crippen LogP) is 0.609. The van der Waals surface area contributed by atoms with Gasteiger partial charge >= 0.3 is 0 Å². The fourth-order valence-electron chi connectivity index (χ4n) is 1.87. The van der Waals surface area contributed by atoms with Crippen molar-refractivity contribution in [3.05, 3.63) is 24.5 Å². The normalized spacial score (nSPS) is 10.4. The fraction of sp³-hybridized carbons (Fsp3) is 0.385. The van der Waals surface area contributed by atoms with Crippen LogP contribution < -0.4 is 15.4 Å². The van der Waals surface area contributed by atoms with Crippen molar-refractivity contribution < 1.29 is 9.53 Å². The van der Waals surface area contributed by atoms with Crippen molar-refractivity contribution in [2.45, 2.75) is 12.8 Å². The Bertz CT molecular complexity index is 584. The van der Waals surface area contributed by atoms with Crippen molar-refractivity contribution >= 4 is 11.6 Å². The number of amides is 1. The summed E-state index contributed by atoms with van der Waals surface area (Å²) in [5.74, 6) is 0.591. The highest BCUT2D eigenvalue weighted by atomic mass is 16.5. The molecule has 1 amide bonds. The Hall–Kier alpha value is -2.48. The van der Waals surface area contributed by atoms with Gasteiger partial charge in [0.2, 0.25) is 5.91 Å². The van der Waals surface area contributed by atoms with E-state index in [1.165, 1.54) is 11.0 Å². The third-order valence-corrected chi connectivity index (χ3v) is 2.89. The van der Waals surface area contributed by atoms with Gasteiger partial charge in [0.25, 0.3) is 0 Å². The molecule has 1 aromatic heterocycles. The number of methoxy groups -OCH3 is 1. The molecular weight excluding hydrogens is 272 g/mol. The molecule has 2 N–H and O–H groups in total. The number of hydrogen-bond acceptors (Lipinski definition) is 6. The molecule has 0 unspecified atom stereocenters. The molecule has 0 aliphatic rings. The van der Waals surface area contributed by atoms with Crippen molar-refractivity contribution in [3.63, 3.8) is 0 Å². The maximum atomic E-state index is 11.8. The van der Waals surface area contributed by atoms with E-state index < -0.39 is 0 Å². The Morgan fingerprint density at radius 1 is 1.43 bits per heavy atom. The lowest BCUT2D eigenvalue weighted by Gasteiger charge is -2.11. The largest absolute Gasteiger partial charge is 0.494 e. The van der Waals surface area contributed by atoms with Crippen LogP contribution in [-0.2, 0) is 4.79 Å². The van der Waals surface area contributed by atoms with Crippen molar-refractivity contribution in [1.29, 1.82) is 0 Å². The van der Waals surface area contributed by atoms with Crippen LogP contribution in [-0.4, -0.2) is 46.8 Å². The Balaban J connectivity index is 2.11. The van der Waals surface area contributed by atoms with E-state index in [0.717, 1.165) is 13.0 Å². The number of anilines is 1. The lowest BCUT2D eigenvalue weighted by molar-refractivity contribution is -0.116. The number of ether oxygens (including phenoxy) is 1. The maximum absolute atomic E-state index is 11.8. The number of aromatic nitrogens is 4. The molecule has 8 nitrogen and oxygen atoms in total. The van der Waals surface area contributed by atoms with Crippen molar-refractivity contribution in [2.75, 3.05) is 26.0 Å². The number of hydrogen-bond donors (Lipinski definition) is 2. The molecule has 0 aliphatic carbocycles.